The number of nitrogens with one attached hydrogen (secondary N) is 1. The monoisotopic (exact) mass is 281 g/mol. The van der Waals surface area contributed by atoms with Crippen LogP contribution in [-0.4, -0.2) is 73.3 Å². The molecule has 20 heavy (non-hydrogen) atoms. The van der Waals surface area contributed by atoms with Crippen molar-refractivity contribution in [2.45, 2.75) is 6.42 Å². The Labute approximate surface area is 119 Å². The molecule has 3 N–H and O–H groups in total. The molecule has 0 unspecified atom stereocenters. The zero-order valence-corrected chi connectivity index (χ0v) is 12.2. The van der Waals surface area contributed by atoms with Crippen LogP contribution in [0.25, 0.3) is 0 Å². The first-order chi connectivity index (χ1) is 9.65. The zero-order valence-electron chi connectivity index (χ0n) is 12.2. The maximum atomic E-state index is 5.75. The maximum Gasteiger partial charge on any atom is 0.232 e. The van der Waals surface area contributed by atoms with Crippen molar-refractivity contribution in [3.8, 4) is 0 Å². The molecule has 1 aromatic rings. The SMILES string of the molecule is CN(C)CCCNc1nc(N)nc(N2CCOCC2)n1. The lowest BCUT2D eigenvalue weighted by Gasteiger charge is -2.26. The summed E-state index contributed by atoms with van der Waals surface area (Å²) in [6.45, 7) is 4.77. The van der Waals surface area contributed by atoms with Gasteiger partial charge in [0.1, 0.15) is 0 Å². The van der Waals surface area contributed by atoms with Crippen LogP contribution < -0.4 is 16.0 Å². The molecule has 0 aliphatic carbocycles. The highest BCUT2D eigenvalue weighted by atomic mass is 16.5. The number of aromatic nitrogens is 3. The lowest BCUT2D eigenvalue weighted by Crippen LogP contribution is -2.37. The predicted octanol–water partition coefficient (Wildman–Crippen LogP) is -0.346. The van der Waals surface area contributed by atoms with E-state index >= 15 is 0 Å². The van der Waals surface area contributed by atoms with E-state index < -0.39 is 0 Å². The number of nitrogen functional groups attached to an aromatic ring is 1. The molecule has 1 aliphatic rings. The molecule has 0 aromatic carbocycles. The van der Waals surface area contributed by atoms with Crippen LogP contribution in [0.1, 0.15) is 6.42 Å². The number of nitrogens with zero attached hydrogens (tertiary/aromatic N) is 5. The summed E-state index contributed by atoms with van der Waals surface area (Å²) in [4.78, 5) is 16.9. The van der Waals surface area contributed by atoms with Crippen molar-refractivity contribution >= 4 is 17.8 Å². The molecule has 0 radical (unpaired) electrons. The normalized spacial score (nSPS) is 15.7. The van der Waals surface area contributed by atoms with Gasteiger partial charge in [-0.05, 0) is 27.1 Å². The van der Waals surface area contributed by atoms with Crippen LogP contribution in [0.4, 0.5) is 17.8 Å². The van der Waals surface area contributed by atoms with E-state index in [4.69, 9.17) is 10.5 Å². The van der Waals surface area contributed by atoms with E-state index in [-0.39, 0.29) is 5.95 Å². The molecule has 0 amide bonds. The Morgan fingerprint density at radius 2 is 2.00 bits per heavy atom. The molecule has 0 bridgehead atoms. The molecular formula is C12H23N7O. The van der Waals surface area contributed by atoms with E-state index in [1.807, 2.05) is 0 Å². The number of nitrogens with two attached hydrogens (primary N) is 1. The number of morpholine rings is 1. The Hall–Kier alpha value is -1.67. The number of hydrogen-bond acceptors (Lipinski definition) is 8. The van der Waals surface area contributed by atoms with Crippen LogP contribution in [0.5, 0.6) is 0 Å². The zero-order chi connectivity index (χ0) is 14.4. The summed E-state index contributed by atoms with van der Waals surface area (Å²) in [7, 11) is 4.11. The maximum absolute atomic E-state index is 5.75. The number of ether oxygens (including phenoxy) is 1. The van der Waals surface area contributed by atoms with E-state index in [9.17, 15) is 0 Å². The molecule has 1 aromatic heterocycles. The van der Waals surface area contributed by atoms with Gasteiger partial charge in [0, 0.05) is 19.6 Å². The Morgan fingerprint density at radius 1 is 1.25 bits per heavy atom. The van der Waals surface area contributed by atoms with E-state index in [0.29, 0.717) is 25.1 Å². The van der Waals surface area contributed by atoms with Gasteiger partial charge < -0.3 is 25.6 Å². The van der Waals surface area contributed by atoms with E-state index in [0.717, 1.165) is 32.6 Å². The summed E-state index contributed by atoms with van der Waals surface area (Å²) in [6.07, 6.45) is 1.02. The second-order valence-corrected chi connectivity index (χ2v) is 5.00. The third kappa shape index (κ3) is 4.46. The third-order valence-electron chi connectivity index (χ3n) is 3.00. The fraction of sp³-hybridized carbons (Fsp3) is 0.750. The van der Waals surface area contributed by atoms with Crippen molar-refractivity contribution in [2.24, 2.45) is 0 Å². The fourth-order valence-electron chi connectivity index (χ4n) is 1.96. The molecule has 2 rings (SSSR count). The Bertz CT molecular complexity index is 420. The smallest absolute Gasteiger partial charge is 0.232 e. The van der Waals surface area contributed by atoms with Crippen molar-refractivity contribution < 1.29 is 4.74 Å². The van der Waals surface area contributed by atoms with Gasteiger partial charge in [-0.15, -0.1) is 0 Å². The Morgan fingerprint density at radius 3 is 2.70 bits per heavy atom. The van der Waals surface area contributed by atoms with Gasteiger partial charge in [0.15, 0.2) is 0 Å². The minimum atomic E-state index is 0.247. The lowest BCUT2D eigenvalue weighted by atomic mass is 10.4. The molecule has 0 atom stereocenters. The predicted molar refractivity (Wildman–Crippen MR) is 78.9 cm³/mol. The minimum Gasteiger partial charge on any atom is -0.378 e. The summed E-state index contributed by atoms with van der Waals surface area (Å²) in [5, 5.41) is 3.19. The molecule has 8 heteroatoms. The van der Waals surface area contributed by atoms with E-state index in [1.54, 1.807) is 0 Å². The van der Waals surface area contributed by atoms with E-state index in [2.05, 4.69) is 44.2 Å². The average Bonchev–Trinajstić information content (AvgIpc) is 2.44. The van der Waals surface area contributed by atoms with Gasteiger partial charge in [0.05, 0.1) is 13.2 Å². The summed E-state index contributed by atoms with van der Waals surface area (Å²) < 4.78 is 5.32. The number of rotatable bonds is 6. The summed E-state index contributed by atoms with van der Waals surface area (Å²) in [5.74, 6) is 1.41. The average molecular weight is 281 g/mol. The van der Waals surface area contributed by atoms with Crippen molar-refractivity contribution in [3.63, 3.8) is 0 Å². The van der Waals surface area contributed by atoms with Crippen LogP contribution in [0.15, 0.2) is 0 Å². The molecule has 112 valence electrons. The first-order valence-electron chi connectivity index (χ1n) is 6.88. The van der Waals surface area contributed by atoms with Crippen LogP contribution in [0, 0.1) is 0 Å². The first-order valence-corrected chi connectivity index (χ1v) is 6.88. The van der Waals surface area contributed by atoms with Gasteiger partial charge in [-0.1, -0.05) is 0 Å². The second kappa shape index (κ2) is 7.20. The highest BCUT2D eigenvalue weighted by Crippen LogP contribution is 2.13. The Balaban J connectivity index is 1.93. The quantitative estimate of drug-likeness (QED) is 0.684. The van der Waals surface area contributed by atoms with Gasteiger partial charge in [0.2, 0.25) is 17.8 Å². The standard InChI is InChI=1S/C12H23N7O/c1-18(2)5-3-4-14-11-15-10(13)16-12(17-11)19-6-8-20-9-7-19/h3-9H2,1-2H3,(H3,13,14,15,16,17). The van der Waals surface area contributed by atoms with Gasteiger partial charge in [-0.2, -0.15) is 15.0 Å². The number of anilines is 3. The third-order valence-corrected chi connectivity index (χ3v) is 3.00. The van der Waals surface area contributed by atoms with Crippen molar-refractivity contribution in [1.82, 2.24) is 19.9 Å². The van der Waals surface area contributed by atoms with Crippen LogP contribution >= 0.6 is 0 Å². The largest absolute Gasteiger partial charge is 0.378 e. The highest BCUT2D eigenvalue weighted by Gasteiger charge is 2.15. The van der Waals surface area contributed by atoms with Gasteiger partial charge in [-0.3, -0.25) is 0 Å². The first kappa shape index (κ1) is 14.7. The molecule has 1 saturated heterocycles. The van der Waals surface area contributed by atoms with Crippen molar-refractivity contribution in [3.05, 3.63) is 0 Å². The van der Waals surface area contributed by atoms with Crippen LogP contribution in [0.2, 0.25) is 0 Å². The topological polar surface area (TPSA) is 92.4 Å². The summed E-state index contributed by atoms with van der Waals surface area (Å²) in [5.41, 5.74) is 5.75. The van der Waals surface area contributed by atoms with E-state index in [1.165, 1.54) is 0 Å². The molecule has 8 nitrogen and oxygen atoms in total. The molecule has 2 heterocycles. The fourth-order valence-corrected chi connectivity index (χ4v) is 1.96. The van der Waals surface area contributed by atoms with Crippen molar-refractivity contribution in [2.75, 3.05) is 69.4 Å². The van der Waals surface area contributed by atoms with Gasteiger partial charge >= 0.3 is 0 Å². The molecule has 0 saturated carbocycles. The van der Waals surface area contributed by atoms with Gasteiger partial charge in [0.25, 0.3) is 0 Å². The minimum absolute atomic E-state index is 0.247. The molecular weight excluding hydrogens is 258 g/mol. The van der Waals surface area contributed by atoms with Crippen molar-refractivity contribution in [1.29, 1.82) is 0 Å². The molecule has 0 spiro atoms. The molecule has 1 aliphatic heterocycles. The van der Waals surface area contributed by atoms with Crippen LogP contribution in [-0.2, 0) is 4.74 Å². The van der Waals surface area contributed by atoms with Crippen LogP contribution in [0.3, 0.4) is 0 Å². The Kier molecular flexibility index (Phi) is 5.31. The van der Waals surface area contributed by atoms with Gasteiger partial charge in [-0.25, -0.2) is 0 Å². The molecule has 1 fully saturated rings. The summed E-state index contributed by atoms with van der Waals surface area (Å²) >= 11 is 0. The second-order valence-electron chi connectivity index (χ2n) is 5.00. The highest BCUT2D eigenvalue weighted by molar-refractivity contribution is 5.42. The lowest BCUT2D eigenvalue weighted by molar-refractivity contribution is 0.122. The number of hydrogen-bond donors (Lipinski definition) is 2. The summed E-state index contributed by atoms with van der Waals surface area (Å²) in [6, 6.07) is 0.